The van der Waals surface area contributed by atoms with Gasteiger partial charge in [0.05, 0.1) is 17.4 Å². The maximum absolute atomic E-state index is 12.8. The van der Waals surface area contributed by atoms with Gasteiger partial charge in [-0.2, -0.15) is 0 Å². The van der Waals surface area contributed by atoms with Crippen molar-refractivity contribution in [1.29, 1.82) is 0 Å². The Morgan fingerprint density at radius 1 is 0.821 bits per heavy atom. The molecule has 5 heteroatoms. The number of nitrogens with zero attached hydrogens (tertiary/aromatic N) is 2. The first kappa shape index (κ1) is 17.9. The molecule has 4 rings (SSSR count). The van der Waals surface area contributed by atoms with E-state index >= 15 is 0 Å². The predicted octanol–water partition coefficient (Wildman–Crippen LogP) is 4.17. The minimum absolute atomic E-state index is 0.172. The number of carbonyl (C=O) groups excluding carboxylic acids is 2. The lowest BCUT2D eigenvalue weighted by Crippen LogP contribution is -2.19. The molecule has 0 saturated carbocycles. The van der Waals surface area contributed by atoms with Gasteiger partial charge in [0, 0.05) is 24.2 Å². The molecular weight excluding hydrogens is 350 g/mol. The highest BCUT2D eigenvalue weighted by Gasteiger charge is 2.18. The van der Waals surface area contributed by atoms with Crippen LogP contribution in [0.2, 0.25) is 0 Å². The van der Waals surface area contributed by atoms with E-state index in [-0.39, 0.29) is 11.7 Å². The maximum Gasteiger partial charge on any atom is 0.256 e. The molecule has 1 fully saturated rings. The largest absolute Gasteiger partial charge is 0.357 e. The van der Waals surface area contributed by atoms with Crippen LogP contribution >= 0.6 is 0 Å². The number of amides is 1. The lowest BCUT2D eigenvalue weighted by Gasteiger charge is -2.16. The number of pyridine rings is 1. The molecule has 0 aliphatic carbocycles. The SMILES string of the molecule is O=C(Nc1ccc(N2CCCC2)nc1)c1ccccc1C(=O)c1ccccc1. The fourth-order valence-electron chi connectivity index (χ4n) is 3.42. The maximum atomic E-state index is 12.8. The van der Waals surface area contributed by atoms with E-state index < -0.39 is 0 Å². The van der Waals surface area contributed by atoms with Crippen molar-refractivity contribution in [3.05, 3.63) is 89.6 Å². The number of anilines is 2. The highest BCUT2D eigenvalue weighted by atomic mass is 16.2. The molecule has 1 aromatic heterocycles. The van der Waals surface area contributed by atoms with Crippen molar-refractivity contribution < 1.29 is 9.59 Å². The summed E-state index contributed by atoms with van der Waals surface area (Å²) in [6, 6.07) is 19.6. The first-order valence-electron chi connectivity index (χ1n) is 9.43. The Morgan fingerprint density at radius 2 is 1.50 bits per heavy atom. The zero-order valence-electron chi connectivity index (χ0n) is 15.5. The molecule has 1 saturated heterocycles. The summed E-state index contributed by atoms with van der Waals surface area (Å²) in [6.45, 7) is 2.04. The molecule has 0 unspecified atom stereocenters. The number of nitrogens with one attached hydrogen (secondary N) is 1. The molecule has 1 amide bonds. The van der Waals surface area contributed by atoms with Gasteiger partial charge >= 0.3 is 0 Å². The van der Waals surface area contributed by atoms with Gasteiger partial charge in [-0.25, -0.2) is 4.98 Å². The van der Waals surface area contributed by atoms with Crippen molar-refractivity contribution in [3.8, 4) is 0 Å². The van der Waals surface area contributed by atoms with Gasteiger partial charge in [0.15, 0.2) is 5.78 Å². The highest BCUT2D eigenvalue weighted by molar-refractivity contribution is 6.17. The van der Waals surface area contributed by atoms with Crippen LogP contribution in [0.4, 0.5) is 11.5 Å². The summed E-state index contributed by atoms with van der Waals surface area (Å²) in [5.74, 6) is 0.430. The van der Waals surface area contributed by atoms with Crippen LogP contribution < -0.4 is 10.2 Å². The summed E-state index contributed by atoms with van der Waals surface area (Å²) in [5.41, 5.74) is 1.89. The van der Waals surface area contributed by atoms with Gasteiger partial charge in [0.25, 0.3) is 5.91 Å². The average molecular weight is 371 g/mol. The minimum atomic E-state index is -0.324. The van der Waals surface area contributed by atoms with E-state index in [0.717, 1.165) is 18.9 Å². The number of benzene rings is 2. The van der Waals surface area contributed by atoms with E-state index in [4.69, 9.17) is 0 Å². The Hall–Kier alpha value is -3.47. The molecule has 3 aromatic rings. The topological polar surface area (TPSA) is 62.3 Å². The van der Waals surface area contributed by atoms with Crippen LogP contribution in [0.15, 0.2) is 72.9 Å². The molecule has 0 radical (unpaired) electrons. The molecule has 28 heavy (non-hydrogen) atoms. The fourth-order valence-corrected chi connectivity index (χ4v) is 3.42. The van der Waals surface area contributed by atoms with Crippen LogP contribution in [-0.2, 0) is 0 Å². The zero-order chi connectivity index (χ0) is 19.3. The summed E-state index contributed by atoms with van der Waals surface area (Å²) in [6.07, 6.45) is 4.03. The quantitative estimate of drug-likeness (QED) is 0.684. The number of rotatable bonds is 5. The fraction of sp³-hybridized carbons (Fsp3) is 0.174. The number of hydrogen-bond donors (Lipinski definition) is 1. The molecular formula is C23H21N3O2. The van der Waals surface area contributed by atoms with Crippen LogP contribution in [0.1, 0.15) is 39.1 Å². The second-order valence-electron chi connectivity index (χ2n) is 6.79. The van der Waals surface area contributed by atoms with Gasteiger partial charge in [0.2, 0.25) is 0 Å². The van der Waals surface area contributed by atoms with Gasteiger partial charge in [-0.3, -0.25) is 9.59 Å². The summed E-state index contributed by atoms with van der Waals surface area (Å²) >= 11 is 0. The molecule has 2 aromatic carbocycles. The molecule has 0 atom stereocenters. The Bertz CT molecular complexity index is 978. The monoisotopic (exact) mass is 371 g/mol. The molecule has 5 nitrogen and oxygen atoms in total. The second kappa shape index (κ2) is 8.05. The van der Waals surface area contributed by atoms with E-state index in [1.165, 1.54) is 12.8 Å². The van der Waals surface area contributed by atoms with Gasteiger partial charge in [-0.1, -0.05) is 48.5 Å². The second-order valence-corrected chi connectivity index (χ2v) is 6.79. The Labute approximate surface area is 164 Å². The first-order chi connectivity index (χ1) is 13.7. The van der Waals surface area contributed by atoms with E-state index in [1.54, 1.807) is 42.6 Å². The van der Waals surface area contributed by atoms with Crippen LogP contribution in [0.5, 0.6) is 0 Å². The van der Waals surface area contributed by atoms with Crippen molar-refractivity contribution in [1.82, 2.24) is 4.98 Å². The van der Waals surface area contributed by atoms with E-state index in [9.17, 15) is 9.59 Å². The third kappa shape index (κ3) is 3.78. The number of aromatic nitrogens is 1. The van der Waals surface area contributed by atoms with Crippen molar-refractivity contribution in [2.45, 2.75) is 12.8 Å². The van der Waals surface area contributed by atoms with Crippen molar-refractivity contribution >= 4 is 23.2 Å². The van der Waals surface area contributed by atoms with Gasteiger partial charge < -0.3 is 10.2 Å². The summed E-state index contributed by atoms with van der Waals surface area (Å²) in [4.78, 5) is 32.3. The third-order valence-electron chi connectivity index (χ3n) is 4.89. The summed E-state index contributed by atoms with van der Waals surface area (Å²) < 4.78 is 0. The lowest BCUT2D eigenvalue weighted by atomic mass is 9.98. The standard InChI is InChI=1S/C23H21N3O2/c27-22(17-8-2-1-3-9-17)19-10-4-5-11-20(19)23(28)25-18-12-13-21(24-16-18)26-14-6-7-15-26/h1-5,8-13,16H,6-7,14-15H2,(H,25,28). The Kier molecular flexibility index (Phi) is 5.15. The summed E-state index contributed by atoms with van der Waals surface area (Å²) in [5, 5.41) is 2.85. The highest BCUT2D eigenvalue weighted by Crippen LogP contribution is 2.20. The van der Waals surface area contributed by atoms with E-state index in [2.05, 4.69) is 15.2 Å². The van der Waals surface area contributed by atoms with Crippen molar-refractivity contribution in [2.24, 2.45) is 0 Å². The van der Waals surface area contributed by atoms with Crippen LogP contribution in [0, 0.1) is 0 Å². The zero-order valence-corrected chi connectivity index (χ0v) is 15.5. The molecule has 1 aliphatic heterocycles. The molecule has 1 aliphatic rings. The molecule has 1 N–H and O–H groups in total. The molecule has 140 valence electrons. The van der Waals surface area contributed by atoms with Crippen LogP contribution in [0.3, 0.4) is 0 Å². The Balaban J connectivity index is 1.53. The van der Waals surface area contributed by atoms with Crippen molar-refractivity contribution in [3.63, 3.8) is 0 Å². The minimum Gasteiger partial charge on any atom is -0.357 e. The van der Waals surface area contributed by atoms with Crippen LogP contribution in [0.25, 0.3) is 0 Å². The summed E-state index contributed by atoms with van der Waals surface area (Å²) in [7, 11) is 0. The van der Waals surface area contributed by atoms with E-state index in [0.29, 0.717) is 22.4 Å². The van der Waals surface area contributed by atoms with Gasteiger partial charge in [0.1, 0.15) is 5.82 Å². The molecule has 0 bridgehead atoms. The first-order valence-corrected chi connectivity index (χ1v) is 9.43. The average Bonchev–Trinajstić information content (AvgIpc) is 3.29. The predicted molar refractivity (Wildman–Crippen MR) is 110 cm³/mol. The number of hydrogen-bond acceptors (Lipinski definition) is 4. The van der Waals surface area contributed by atoms with Crippen molar-refractivity contribution in [2.75, 3.05) is 23.3 Å². The molecule has 0 spiro atoms. The lowest BCUT2D eigenvalue weighted by molar-refractivity contribution is 0.0996. The third-order valence-corrected chi connectivity index (χ3v) is 4.89. The van der Waals surface area contributed by atoms with Gasteiger partial charge in [-0.05, 0) is 31.0 Å². The smallest absolute Gasteiger partial charge is 0.256 e. The van der Waals surface area contributed by atoms with Crippen LogP contribution in [-0.4, -0.2) is 29.8 Å². The Morgan fingerprint density at radius 3 is 2.18 bits per heavy atom. The molecule has 2 heterocycles. The number of ketones is 1. The number of carbonyl (C=O) groups is 2. The van der Waals surface area contributed by atoms with Gasteiger partial charge in [-0.15, -0.1) is 0 Å². The van der Waals surface area contributed by atoms with E-state index in [1.807, 2.05) is 30.3 Å². The normalized spacial score (nSPS) is 13.4.